The molecule has 0 aliphatic heterocycles. The number of nitrogens with one attached hydrogen (secondary N) is 1. The van der Waals surface area contributed by atoms with E-state index in [0.29, 0.717) is 54.1 Å². The molecule has 6 unspecified atom stereocenters. The third-order valence-corrected chi connectivity index (χ3v) is 11.9. The van der Waals surface area contributed by atoms with E-state index in [1.807, 2.05) is 6.08 Å². The Morgan fingerprint density at radius 1 is 1.13 bits per heavy atom. The first kappa shape index (κ1) is 26.6. The van der Waals surface area contributed by atoms with Crippen molar-refractivity contribution in [3.8, 4) is 5.75 Å². The minimum absolute atomic E-state index is 0.0664. The minimum Gasteiger partial charge on any atom is -0.494 e. The first-order chi connectivity index (χ1) is 18.3. The molecule has 4 nitrogen and oxygen atoms in total. The molecule has 1 aromatic carbocycles. The van der Waals surface area contributed by atoms with E-state index in [-0.39, 0.29) is 5.41 Å². The number of rotatable bonds is 7. The number of hydrogen-bond acceptors (Lipinski definition) is 4. The number of carbonyl (C=O) groups excluding carboxylic acids is 1. The molecule has 8 atom stereocenters. The lowest BCUT2D eigenvalue weighted by atomic mass is 9.47. The van der Waals surface area contributed by atoms with E-state index in [1.165, 1.54) is 43.2 Å². The van der Waals surface area contributed by atoms with Crippen LogP contribution in [-0.2, 0) is 4.79 Å². The van der Waals surface area contributed by atoms with E-state index in [2.05, 4.69) is 50.4 Å². The molecule has 1 aromatic rings. The third-order valence-electron chi connectivity index (χ3n) is 11.9. The molecular weight excluding hydrogens is 470 g/mol. The summed E-state index contributed by atoms with van der Waals surface area (Å²) in [7, 11) is 0. The topological polar surface area (TPSA) is 58.6 Å². The number of aliphatic hydroxyl groups is 1. The lowest BCUT2D eigenvalue weighted by Crippen LogP contribution is -2.55. The monoisotopic (exact) mass is 519 g/mol. The van der Waals surface area contributed by atoms with Gasteiger partial charge in [-0.05, 0) is 125 Å². The van der Waals surface area contributed by atoms with Crippen molar-refractivity contribution in [2.24, 2.45) is 35.0 Å². The van der Waals surface area contributed by atoms with Crippen molar-refractivity contribution in [2.45, 2.75) is 116 Å². The zero-order valence-electron chi connectivity index (χ0n) is 23.9. The fourth-order valence-electron chi connectivity index (χ4n) is 10.0. The first-order valence-electron chi connectivity index (χ1n) is 15.7. The van der Waals surface area contributed by atoms with E-state index in [0.717, 1.165) is 50.7 Å². The first-order valence-corrected chi connectivity index (χ1v) is 15.7. The van der Waals surface area contributed by atoms with Crippen LogP contribution in [0.25, 0.3) is 0 Å². The van der Waals surface area contributed by atoms with Crippen LogP contribution in [0.15, 0.2) is 35.9 Å². The molecule has 0 radical (unpaired) electrons. The van der Waals surface area contributed by atoms with E-state index in [1.54, 1.807) is 0 Å². The van der Waals surface area contributed by atoms with Crippen LogP contribution in [0.5, 0.6) is 5.75 Å². The van der Waals surface area contributed by atoms with E-state index in [4.69, 9.17) is 4.74 Å². The van der Waals surface area contributed by atoms with Gasteiger partial charge in [-0.3, -0.25) is 4.79 Å². The minimum atomic E-state index is -0.633. The molecule has 38 heavy (non-hydrogen) atoms. The Morgan fingerprint density at radius 2 is 1.95 bits per heavy atom. The summed E-state index contributed by atoms with van der Waals surface area (Å²) in [5.74, 6) is 4.34. The molecule has 5 aliphatic rings. The molecule has 0 amide bonds. The summed E-state index contributed by atoms with van der Waals surface area (Å²) >= 11 is 0. The van der Waals surface area contributed by atoms with Gasteiger partial charge in [0.1, 0.15) is 5.75 Å². The summed E-state index contributed by atoms with van der Waals surface area (Å²) in [5.41, 5.74) is 2.03. The average molecular weight is 520 g/mol. The zero-order valence-corrected chi connectivity index (χ0v) is 23.9. The molecule has 4 heteroatoms. The van der Waals surface area contributed by atoms with E-state index >= 15 is 0 Å². The van der Waals surface area contributed by atoms with Crippen LogP contribution in [0.2, 0.25) is 0 Å². The fraction of sp³-hybridized carbons (Fsp3) is 0.735. The number of ketones is 1. The van der Waals surface area contributed by atoms with Crippen LogP contribution < -0.4 is 10.1 Å². The van der Waals surface area contributed by atoms with Gasteiger partial charge in [0.15, 0.2) is 5.78 Å². The molecule has 208 valence electrons. The molecular formula is C34H49NO3. The molecule has 2 N–H and O–H groups in total. The number of allylic oxidation sites excluding steroid dienone is 1. The van der Waals surface area contributed by atoms with Crippen molar-refractivity contribution in [3.63, 3.8) is 0 Å². The maximum atomic E-state index is 12.1. The van der Waals surface area contributed by atoms with Gasteiger partial charge in [-0.25, -0.2) is 0 Å². The summed E-state index contributed by atoms with van der Waals surface area (Å²) < 4.78 is 6.44. The average Bonchev–Trinajstić information content (AvgIpc) is 3.49. The van der Waals surface area contributed by atoms with Gasteiger partial charge in [-0.2, -0.15) is 0 Å². The summed E-state index contributed by atoms with van der Waals surface area (Å²) in [6.45, 7) is 7.46. The molecule has 6 rings (SSSR count). The van der Waals surface area contributed by atoms with Gasteiger partial charge in [-0.15, -0.1) is 0 Å². The molecule has 4 fully saturated rings. The highest BCUT2D eigenvalue weighted by Gasteiger charge is 2.63. The van der Waals surface area contributed by atoms with E-state index < -0.39 is 5.60 Å². The summed E-state index contributed by atoms with van der Waals surface area (Å²) in [6.07, 6.45) is 15.3. The molecule has 5 aliphatic carbocycles. The Morgan fingerprint density at radius 3 is 2.76 bits per heavy atom. The van der Waals surface area contributed by atoms with Gasteiger partial charge >= 0.3 is 0 Å². The number of benzene rings is 1. The van der Waals surface area contributed by atoms with E-state index in [9.17, 15) is 9.90 Å². The van der Waals surface area contributed by atoms with Gasteiger partial charge in [0.05, 0.1) is 12.2 Å². The zero-order chi connectivity index (χ0) is 26.5. The third kappa shape index (κ3) is 4.68. The quantitative estimate of drug-likeness (QED) is 0.401. The van der Waals surface area contributed by atoms with Crippen molar-refractivity contribution >= 4 is 5.78 Å². The standard InChI is InChI=1S/C34H49NO3/c1-22-19-25-20-27(36)11-12-29(25)30-13-16-34(31(32(22)30)14-15-33(34,3)37)17-18-38-28-10-6-7-24(21-28)23(2)35-26-8-4-5-9-26/h6-7,10,20-23,26,29-32,35,37H,4-5,8-9,11-19H2,1-3H3/t22-,23?,29?,30?,31?,32?,33?,34+/m0/s1. The highest BCUT2D eigenvalue weighted by atomic mass is 16.5. The van der Waals surface area contributed by atoms with Gasteiger partial charge in [0.2, 0.25) is 0 Å². The van der Waals surface area contributed by atoms with Crippen LogP contribution >= 0.6 is 0 Å². The van der Waals surface area contributed by atoms with Gasteiger partial charge in [0.25, 0.3) is 0 Å². The molecule has 0 spiro atoms. The Kier molecular flexibility index (Phi) is 7.27. The maximum Gasteiger partial charge on any atom is 0.155 e. The summed E-state index contributed by atoms with van der Waals surface area (Å²) in [4.78, 5) is 12.1. The van der Waals surface area contributed by atoms with Gasteiger partial charge < -0.3 is 15.2 Å². The Balaban J connectivity index is 1.15. The normalized spacial score (nSPS) is 39.7. The largest absolute Gasteiger partial charge is 0.494 e. The number of carbonyl (C=O) groups is 1. The predicted molar refractivity (Wildman–Crippen MR) is 152 cm³/mol. The van der Waals surface area contributed by atoms with Crippen LogP contribution in [0, 0.1) is 35.0 Å². The van der Waals surface area contributed by atoms with Crippen molar-refractivity contribution < 1.29 is 14.6 Å². The lowest BCUT2D eigenvalue weighted by molar-refractivity contribution is -0.136. The Hall–Kier alpha value is -1.65. The molecule has 0 bridgehead atoms. The number of fused-ring (bicyclic) bond motifs is 5. The molecule has 0 saturated heterocycles. The van der Waals surface area contributed by atoms with Gasteiger partial charge in [0, 0.05) is 23.9 Å². The van der Waals surface area contributed by atoms with Crippen molar-refractivity contribution in [3.05, 3.63) is 41.5 Å². The molecule has 4 saturated carbocycles. The lowest BCUT2D eigenvalue weighted by Gasteiger charge is -2.58. The van der Waals surface area contributed by atoms with Crippen molar-refractivity contribution in [2.75, 3.05) is 6.61 Å². The van der Waals surface area contributed by atoms with Crippen LogP contribution in [-0.4, -0.2) is 29.1 Å². The van der Waals surface area contributed by atoms with Crippen LogP contribution in [0.4, 0.5) is 0 Å². The number of ether oxygens (including phenoxy) is 1. The Labute approximate surface area is 230 Å². The van der Waals surface area contributed by atoms with Crippen molar-refractivity contribution in [1.82, 2.24) is 5.32 Å². The summed E-state index contributed by atoms with van der Waals surface area (Å²) in [5, 5.41) is 15.6. The van der Waals surface area contributed by atoms with Crippen LogP contribution in [0.1, 0.15) is 109 Å². The molecule has 0 aromatic heterocycles. The second-order valence-corrected chi connectivity index (χ2v) is 13.9. The predicted octanol–water partition coefficient (Wildman–Crippen LogP) is 7.17. The SMILES string of the molecule is CC(NC1CCCC1)c1cccc(OCC[C@]23CCC4C5CCC(=O)C=C5C[C@H](C)C4C2CCC3(C)O)c1. The fourth-order valence-corrected chi connectivity index (χ4v) is 10.0. The van der Waals surface area contributed by atoms with Crippen LogP contribution in [0.3, 0.4) is 0 Å². The Bertz CT molecular complexity index is 1060. The maximum absolute atomic E-state index is 12.1. The number of hydrogen-bond donors (Lipinski definition) is 2. The highest BCUT2D eigenvalue weighted by Crippen LogP contribution is 2.67. The summed E-state index contributed by atoms with van der Waals surface area (Å²) in [6, 6.07) is 9.62. The second kappa shape index (κ2) is 10.4. The van der Waals surface area contributed by atoms with Gasteiger partial charge in [-0.1, -0.05) is 37.5 Å². The highest BCUT2D eigenvalue weighted by molar-refractivity contribution is 5.91. The smallest absolute Gasteiger partial charge is 0.155 e. The second-order valence-electron chi connectivity index (χ2n) is 13.9. The molecule has 0 heterocycles. The van der Waals surface area contributed by atoms with Crippen molar-refractivity contribution in [1.29, 1.82) is 0 Å².